The van der Waals surface area contributed by atoms with E-state index in [0.29, 0.717) is 23.7 Å². The molecule has 1 atom stereocenters. The molecule has 1 heterocycles. The number of hydrogen-bond donors (Lipinski definition) is 1. The molecule has 0 bridgehead atoms. The van der Waals surface area contributed by atoms with Crippen LogP contribution in [-0.4, -0.2) is 13.7 Å². The number of para-hydroxylation sites is 1. The van der Waals surface area contributed by atoms with Gasteiger partial charge in [0.05, 0.1) is 6.04 Å². The lowest BCUT2D eigenvalue weighted by Gasteiger charge is -2.14. The van der Waals surface area contributed by atoms with Gasteiger partial charge in [-0.15, -0.1) is 0 Å². The Bertz CT molecular complexity index is 557. The summed E-state index contributed by atoms with van der Waals surface area (Å²) in [5.41, 5.74) is 6.48. The average Bonchev–Trinajstić information content (AvgIpc) is 2.87. The van der Waals surface area contributed by atoms with Gasteiger partial charge >= 0.3 is 6.61 Å². The Morgan fingerprint density at radius 2 is 1.95 bits per heavy atom. The van der Waals surface area contributed by atoms with Crippen LogP contribution in [0.5, 0.6) is 5.75 Å². The third-order valence-corrected chi connectivity index (χ3v) is 2.75. The van der Waals surface area contributed by atoms with E-state index in [9.17, 15) is 8.78 Å². The molecule has 1 unspecified atom stereocenters. The quantitative estimate of drug-likeness (QED) is 0.885. The van der Waals surface area contributed by atoms with Crippen LogP contribution in [0.15, 0.2) is 40.8 Å². The zero-order chi connectivity index (χ0) is 14.5. The standard InChI is InChI=1S/C14H15F2NO3/c1-18-8-9-6-7-12(19-9)13(17)10-4-2-3-5-11(10)20-14(15)16/h2-7,13-14H,8,17H2,1H3. The summed E-state index contributed by atoms with van der Waals surface area (Å²) >= 11 is 0. The molecule has 2 aromatic rings. The third-order valence-electron chi connectivity index (χ3n) is 2.75. The van der Waals surface area contributed by atoms with Gasteiger partial charge in [0, 0.05) is 12.7 Å². The van der Waals surface area contributed by atoms with Crippen molar-refractivity contribution in [3.8, 4) is 5.75 Å². The Labute approximate surface area is 115 Å². The minimum absolute atomic E-state index is 0.0414. The van der Waals surface area contributed by atoms with E-state index < -0.39 is 12.7 Å². The fraction of sp³-hybridized carbons (Fsp3) is 0.286. The monoisotopic (exact) mass is 283 g/mol. The van der Waals surface area contributed by atoms with E-state index in [2.05, 4.69) is 4.74 Å². The molecule has 1 aromatic carbocycles. The molecule has 0 aliphatic rings. The fourth-order valence-corrected chi connectivity index (χ4v) is 1.88. The molecule has 6 heteroatoms. The van der Waals surface area contributed by atoms with E-state index in [0.717, 1.165) is 0 Å². The average molecular weight is 283 g/mol. The van der Waals surface area contributed by atoms with Gasteiger partial charge in [0.2, 0.25) is 0 Å². The van der Waals surface area contributed by atoms with Crippen LogP contribution in [0.25, 0.3) is 0 Å². The summed E-state index contributed by atoms with van der Waals surface area (Å²) in [6.07, 6.45) is 0. The number of alkyl halides is 2. The highest BCUT2D eigenvalue weighted by Crippen LogP contribution is 2.30. The summed E-state index contributed by atoms with van der Waals surface area (Å²) < 4.78 is 39.7. The minimum Gasteiger partial charge on any atom is -0.462 e. The van der Waals surface area contributed by atoms with Crippen LogP contribution in [-0.2, 0) is 11.3 Å². The Morgan fingerprint density at radius 1 is 1.20 bits per heavy atom. The van der Waals surface area contributed by atoms with Crippen molar-refractivity contribution in [1.29, 1.82) is 0 Å². The molecule has 0 saturated carbocycles. The molecule has 0 fully saturated rings. The molecule has 1 aromatic heterocycles. The lowest BCUT2D eigenvalue weighted by atomic mass is 10.0. The fourth-order valence-electron chi connectivity index (χ4n) is 1.88. The van der Waals surface area contributed by atoms with E-state index in [-0.39, 0.29) is 5.75 Å². The second-order valence-electron chi connectivity index (χ2n) is 4.13. The highest BCUT2D eigenvalue weighted by Gasteiger charge is 2.19. The van der Waals surface area contributed by atoms with Gasteiger partial charge in [0.15, 0.2) is 0 Å². The zero-order valence-electron chi connectivity index (χ0n) is 10.9. The van der Waals surface area contributed by atoms with Crippen molar-refractivity contribution in [2.24, 2.45) is 5.73 Å². The molecule has 108 valence electrons. The van der Waals surface area contributed by atoms with Crippen LogP contribution in [0.4, 0.5) is 8.78 Å². The number of ether oxygens (including phenoxy) is 2. The molecule has 0 amide bonds. The highest BCUT2D eigenvalue weighted by atomic mass is 19.3. The number of halogens is 2. The van der Waals surface area contributed by atoms with Crippen molar-refractivity contribution in [1.82, 2.24) is 0 Å². The molecular weight excluding hydrogens is 268 g/mol. The largest absolute Gasteiger partial charge is 0.462 e. The Morgan fingerprint density at radius 3 is 2.65 bits per heavy atom. The maximum Gasteiger partial charge on any atom is 0.387 e. The SMILES string of the molecule is COCc1ccc(C(N)c2ccccc2OC(F)F)o1. The smallest absolute Gasteiger partial charge is 0.387 e. The number of nitrogens with two attached hydrogens (primary N) is 1. The van der Waals surface area contributed by atoms with Crippen molar-refractivity contribution in [2.75, 3.05) is 7.11 Å². The first-order valence-electron chi connectivity index (χ1n) is 5.98. The molecular formula is C14H15F2NO3. The second-order valence-corrected chi connectivity index (χ2v) is 4.13. The lowest BCUT2D eigenvalue weighted by Crippen LogP contribution is -2.14. The first kappa shape index (κ1) is 14.5. The number of furan rings is 1. The van der Waals surface area contributed by atoms with Gasteiger partial charge in [-0.05, 0) is 18.2 Å². The molecule has 0 radical (unpaired) electrons. The first-order chi connectivity index (χ1) is 9.61. The normalized spacial score (nSPS) is 12.7. The van der Waals surface area contributed by atoms with Crippen molar-refractivity contribution in [3.05, 3.63) is 53.5 Å². The summed E-state index contributed by atoms with van der Waals surface area (Å²) in [7, 11) is 1.55. The highest BCUT2D eigenvalue weighted by molar-refractivity contribution is 5.39. The van der Waals surface area contributed by atoms with Crippen LogP contribution in [0.2, 0.25) is 0 Å². The van der Waals surface area contributed by atoms with Crippen LogP contribution in [0.3, 0.4) is 0 Å². The molecule has 0 saturated heterocycles. The number of rotatable bonds is 6. The van der Waals surface area contributed by atoms with Crippen LogP contribution in [0.1, 0.15) is 23.1 Å². The van der Waals surface area contributed by atoms with E-state index in [1.54, 1.807) is 37.4 Å². The lowest BCUT2D eigenvalue weighted by molar-refractivity contribution is -0.0505. The Kier molecular flexibility index (Phi) is 4.70. The first-order valence-corrected chi connectivity index (χ1v) is 5.98. The van der Waals surface area contributed by atoms with Gasteiger partial charge in [-0.25, -0.2) is 0 Å². The molecule has 0 spiro atoms. The zero-order valence-corrected chi connectivity index (χ0v) is 10.9. The van der Waals surface area contributed by atoms with E-state index >= 15 is 0 Å². The number of methoxy groups -OCH3 is 1. The van der Waals surface area contributed by atoms with E-state index in [1.807, 2.05) is 0 Å². The number of benzene rings is 1. The van der Waals surface area contributed by atoms with E-state index in [1.165, 1.54) is 6.07 Å². The van der Waals surface area contributed by atoms with Crippen molar-refractivity contribution < 1.29 is 22.7 Å². The molecule has 0 aliphatic heterocycles. The summed E-state index contributed by atoms with van der Waals surface area (Å²) in [5, 5.41) is 0. The van der Waals surface area contributed by atoms with Gasteiger partial charge in [0.25, 0.3) is 0 Å². The molecule has 2 N–H and O–H groups in total. The second kappa shape index (κ2) is 6.49. The van der Waals surface area contributed by atoms with Crippen molar-refractivity contribution in [3.63, 3.8) is 0 Å². The van der Waals surface area contributed by atoms with Crippen LogP contribution >= 0.6 is 0 Å². The van der Waals surface area contributed by atoms with Gasteiger partial charge in [-0.1, -0.05) is 18.2 Å². The molecule has 0 aliphatic carbocycles. The predicted molar refractivity (Wildman–Crippen MR) is 68.5 cm³/mol. The van der Waals surface area contributed by atoms with Crippen LogP contribution < -0.4 is 10.5 Å². The van der Waals surface area contributed by atoms with Gasteiger partial charge in [-0.2, -0.15) is 8.78 Å². The molecule has 20 heavy (non-hydrogen) atoms. The minimum atomic E-state index is -2.90. The summed E-state index contributed by atoms with van der Waals surface area (Å²) in [4.78, 5) is 0. The Balaban J connectivity index is 2.25. The number of hydrogen-bond acceptors (Lipinski definition) is 4. The molecule has 2 rings (SSSR count). The maximum absolute atomic E-state index is 12.4. The predicted octanol–water partition coefficient (Wildman–Crippen LogP) is 3.08. The summed E-state index contributed by atoms with van der Waals surface area (Å²) in [6, 6.07) is 9.11. The van der Waals surface area contributed by atoms with Gasteiger partial charge in [0.1, 0.15) is 23.9 Å². The third kappa shape index (κ3) is 3.34. The van der Waals surface area contributed by atoms with Gasteiger partial charge in [-0.3, -0.25) is 0 Å². The van der Waals surface area contributed by atoms with Crippen LogP contribution in [0, 0.1) is 0 Å². The molecule has 4 nitrogen and oxygen atoms in total. The maximum atomic E-state index is 12.4. The topological polar surface area (TPSA) is 57.6 Å². The van der Waals surface area contributed by atoms with E-state index in [4.69, 9.17) is 14.9 Å². The van der Waals surface area contributed by atoms with Crippen molar-refractivity contribution >= 4 is 0 Å². The summed E-state index contributed by atoms with van der Waals surface area (Å²) in [5.74, 6) is 1.12. The summed E-state index contributed by atoms with van der Waals surface area (Å²) in [6.45, 7) is -2.58. The van der Waals surface area contributed by atoms with Crippen molar-refractivity contribution in [2.45, 2.75) is 19.3 Å². The Hall–Kier alpha value is -1.92. The van der Waals surface area contributed by atoms with Gasteiger partial charge < -0.3 is 19.6 Å².